The van der Waals surface area contributed by atoms with Crippen molar-refractivity contribution in [2.75, 3.05) is 0 Å². The van der Waals surface area contributed by atoms with Gasteiger partial charge in [-0.25, -0.2) is 0 Å². The minimum Gasteiger partial charge on any atom is -0.386 e. The third-order valence-corrected chi connectivity index (χ3v) is 0. The highest BCUT2D eigenvalue weighted by molar-refractivity contribution is 4.69. The van der Waals surface area contributed by atoms with Crippen molar-refractivity contribution in [2.45, 2.75) is 0 Å². The molecule has 0 saturated heterocycles. The molecule has 0 aliphatic heterocycles. The van der Waals surface area contributed by atoms with E-state index in [1.54, 1.807) is 0 Å². The fourth-order valence-electron chi connectivity index (χ4n) is 0. The van der Waals surface area contributed by atoms with E-state index in [9.17, 15) is 0 Å². The van der Waals surface area contributed by atoms with E-state index in [1.807, 2.05) is 0 Å². The van der Waals surface area contributed by atoms with Crippen molar-refractivity contribution >= 4 is 0 Å². The molecular formula is C2H5N2. The van der Waals surface area contributed by atoms with Gasteiger partial charge in [-0.05, 0) is 6.58 Å². The van der Waals surface area contributed by atoms with E-state index in [-0.39, 0.29) is 5.82 Å². The lowest BCUT2D eigenvalue weighted by atomic mass is 10.9. The molecule has 2 heteroatoms. The highest BCUT2D eigenvalue weighted by Crippen LogP contribution is 1.38. The summed E-state index contributed by atoms with van der Waals surface area (Å²) in [6, 6.07) is 0. The molecule has 0 heterocycles. The molecule has 0 aromatic heterocycles. The summed E-state index contributed by atoms with van der Waals surface area (Å²) in [5.41, 5.74) is 9.17. The van der Waals surface area contributed by atoms with Crippen LogP contribution in [-0.2, 0) is 0 Å². The van der Waals surface area contributed by atoms with Crippen molar-refractivity contribution in [1.82, 2.24) is 0 Å². The summed E-state index contributed by atoms with van der Waals surface area (Å²) in [6.07, 6.45) is 0. The monoisotopic (exact) mass is 57.0 g/mol. The molecule has 0 bridgehead atoms. The summed E-state index contributed by atoms with van der Waals surface area (Å²) < 4.78 is 0. The Kier molecular flexibility index (Phi) is 0.641. The van der Waals surface area contributed by atoms with E-state index < -0.39 is 0 Å². The van der Waals surface area contributed by atoms with Crippen LogP contribution in [0.4, 0.5) is 0 Å². The lowest BCUT2D eigenvalue weighted by molar-refractivity contribution is 1.26. The van der Waals surface area contributed by atoms with Crippen LogP contribution in [0.25, 0.3) is 0 Å². The summed E-state index contributed by atoms with van der Waals surface area (Å²) in [7, 11) is 0. The van der Waals surface area contributed by atoms with Crippen LogP contribution in [0.15, 0.2) is 5.82 Å². The van der Waals surface area contributed by atoms with Gasteiger partial charge in [-0.1, -0.05) is 0 Å². The molecule has 23 valence electrons. The second-order valence-corrected chi connectivity index (χ2v) is 0.500. The third kappa shape index (κ3) is 0.356. The minimum atomic E-state index is -0.0833. The predicted molar refractivity (Wildman–Crippen MR) is 16.2 cm³/mol. The number of rotatable bonds is 0. The maximum Gasteiger partial charge on any atom is 0.0934 e. The predicted octanol–water partition coefficient (Wildman–Crippen LogP) is -0.822. The van der Waals surface area contributed by atoms with Gasteiger partial charge in [0.15, 0.2) is 0 Å². The molecule has 0 rings (SSSR count). The van der Waals surface area contributed by atoms with Crippen LogP contribution >= 0.6 is 0 Å². The average Bonchev–Trinajstić information content (AvgIpc) is 0.811. The zero-order valence-electron chi connectivity index (χ0n) is 2.23. The normalized spacial score (nSPS) is 6.00. The van der Waals surface area contributed by atoms with Crippen molar-refractivity contribution in [1.29, 1.82) is 0 Å². The largest absolute Gasteiger partial charge is 0.386 e. The van der Waals surface area contributed by atoms with Crippen LogP contribution in [-0.4, -0.2) is 0 Å². The van der Waals surface area contributed by atoms with E-state index in [0.717, 1.165) is 0 Å². The standard InChI is InChI=1S/C2H5N2/c1-2(3)4/h1H,3-4H2. The van der Waals surface area contributed by atoms with Crippen molar-refractivity contribution in [3.05, 3.63) is 12.4 Å². The zero-order valence-corrected chi connectivity index (χ0v) is 2.23. The highest BCUT2D eigenvalue weighted by atomic mass is 14.8. The van der Waals surface area contributed by atoms with Gasteiger partial charge in [0.2, 0.25) is 0 Å². The Balaban J connectivity index is 2.80. The quantitative estimate of drug-likeness (QED) is 0.381. The second-order valence-electron chi connectivity index (χ2n) is 0.500. The van der Waals surface area contributed by atoms with Crippen molar-refractivity contribution in [3.63, 3.8) is 0 Å². The van der Waals surface area contributed by atoms with Gasteiger partial charge in [-0.3, -0.25) is 0 Å². The Labute approximate surface area is 25.1 Å². The van der Waals surface area contributed by atoms with Gasteiger partial charge in [-0.2, -0.15) is 0 Å². The summed E-state index contributed by atoms with van der Waals surface area (Å²) >= 11 is 0. The molecule has 4 heavy (non-hydrogen) atoms. The molecule has 0 aliphatic rings. The summed E-state index contributed by atoms with van der Waals surface area (Å²) in [5.74, 6) is -0.0833. The van der Waals surface area contributed by atoms with Gasteiger partial charge in [0.25, 0.3) is 0 Å². The van der Waals surface area contributed by atoms with Gasteiger partial charge in [-0.15, -0.1) is 0 Å². The summed E-state index contributed by atoms with van der Waals surface area (Å²) in [5, 5.41) is 0. The lowest BCUT2D eigenvalue weighted by Gasteiger charge is -1.71. The fraction of sp³-hybridized carbons (Fsp3) is 0. The van der Waals surface area contributed by atoms with Crippen molar-refractivity contribution in [2.24, 2.45) is 11.5 Å². The molecule has 0 fully saturated rings. The van der Waals surface area contributed by atoms with Gasteiger partial charge >= 0.3 is 0 Å². The highest BCUT2D eigenvalue weighted by Gasteiger charge is 1.49. The first-order valence-electron chi connectivity index (χ1n) is 0.866. The SMILES string of the molecule is [CH]=C(N)N. The first-order valence-corrected chi connectivity index (χ1v) is 0.866. The number of hydrogen-bond donors (Lipinski definition) is 2. The molecule has 0 amide bonds. The lowest BCUT2D eigenvalue weighted by Crippen LogP contribution is -2.04. The molecule has 2 nitrogen and oxygen atoms in total. The molecular weight excluding hydrogens is 52.0 g/mol. The molecule has 0 atom stereocenters. The zero-order chi connectivity index (χ0) is 3.58. The first-order chi connectivity index (χ1) is 1.73. The molecule has 0 unspecified atom stereocenters. The van der Waals surface area contributed by atoms with E-state index in [4.69, 9.17) is 0 Å². The Morgan fingerprint density at radius 3 is 1.50 bits per heavy atom. The molecule has 1 radical (unpaired) electrons. The van der Waals surface area contributed by atoms with Crippen LogP contribution in [0.2, 0.25) is 0 Å². The molecule has 0 saturated carbocycles. The van der Waals surface area contributed by atoms with Crippen LogP contribution in [0.3, 0.4) is 0 Å². The number of hydrogen-bond acceptors (Lipinski definition) is 2. The Morgan fingerprint density at radius 2 is 1.50 bits per heavy atom. The van der Waals surface area contributed by atoms with Crippen LogP contribution in [0.5, 0.6) is 0 Å². The Bertz CT molecular complexity index is 27.0. The fourth-order valence-corrected chi connectivity index (χ4v) is 0. The van der Waals surface area contributed by atoms with Gasteiger partial charge < -0.3 is 11.5 Å². The summed E-state index contributed by atoms with van der Waals surface area (Å²) in [4.78, 5) is 0. The molecule has 4 N–H and O–H groups in total. The van der Waals surface area contributed by atoms with Crippen molar-refractivity contribution in [3.8, 4) is 0 Å². The molecule has 0 spiro atoms. The van der Waals surface area contributed by atoms with E-state index in [1.165, 1.54) is 0 Å². The molecule has 0 aromatic carbocycles. The average molecular weight is 57.1 g/mol. The van der Waals surface area contributed by atoms with E-state index >= 15 is 0 Å². The topological polar surface area (TPSA) is 52.0 Å². The Hall–Kier alpha value is -0.660. The maximum atomic E-state index is 4.58. The second kappa shape index (κ2) is 0.767. The van der Waals surface area contributed by atoms with E-state index in [2.05, 4.69) is 18.0 Å². The third-order valence-electron chi connectivity index (χ3n) is 0. The van der Waals surface area contributed by atoms with Crippen molar-refractivity contribution < 1.29 is 0 Å². The minimum absolute atomic E-state index is 0.0833. The van der Waals surface area contributed by atoms with Crippen LogP contribution < -0.4 is 11.5 Å². The summed E-state index contributed by atoms with van der Waals surface area (Å²) in [6.45, 7) is 4.58. The van der Waals surface area contributed by atoms with E-state index in [0.29, 0.717) is 0 Å². The van der Waals surface area contributed by atoms with Crippen LogP contribution in [0.1, 0.15) is 0 Å². The molecule has 0 aromatic rings. The van der Waals surface area contributed by atoms with Crippen LogP contribution in [0, 0.1) is 6.58 Å². The Morgan fingerprint density at radius 1 is 1.50 bits per heavy atom. The van der Waals surface area contributed by atoms with Gasteiger partial charge in [0.05, 0.1) is 5.82 Å². The molecule has 0 aliphatic carbocycles. The van der Waals surface area contributed by atoms with Gasteiger partial charge in [0, 0.05) is 0 Å². The van der Waals surface area contributed by atoms with Gasteiger partial charge in [0.1, 0.15) is 0 Å². The first kappa shape index (κ1) is 3.34. The maximum absolute atomic E-state index is 4.58. The smallest absolute Gasteiger partial charge is 0.0934 e. The number of nitrogens with two attached hydrogens (primary N) is 2.